The molecule has 1 aromatic rings. The number of fused-ring (bicyclic) bond motifs is 1. The number of rotatable bonds is 4. The summed E-state index contributed by atoms with van der Waals surface area (Å²) in [5.41, 5.74) is -0.802. The lowest BCUT2D eigenvalue weighted by Gasteiger charge is -2.32. The van der Waals surface area contributed by atoms with Gasteiger partial charge < -0.3 is 10.2 Å². The summed E-state index contributed by atoms with van der Waals surface area (Å²) in [7, 11) is 0. The molecule has 0 aromatic heterocycles. The minimum absolute atomic E-state index is 0.0205. The Balaban J connectivity index is 1.55. The predicted octanol–water partition coefficient (Wildman–Crippen LogP) is 2.83. The van der Waals surface area contributed by atoms with Gasteiger partial charge in [0.15, 0.2) is 0 Å². The van der Waals surface area contributed by atoms with Crippen molar-refractivity contribution in [1.29, 1.82) is 0 Å². The van der Waals surface area contributed by atoms with Gasteiger partial charge in [-0.2, -0.15) is 13.2 Å². The Morgan fingerprint density at radius 1 is 1.09 bits per heavy atom. The van der Waals surface area contributed by atoms with E-state index in [1.165, 1.54) is 6.07 Å². The third-order valence-corrected chi connectivity index (χ3v) is 6.65. The second-order valence-corrected chi connectivity index (χ2v) is 8.74. The minimum atomic E-state index is -4.68. The first kappa shape index (κ1) is 23.2. The van der Waals surface area contributed by atoms with E-state index in [1.807, 2.05) is 5.32 Å². The number of nitrogens with zero attached hydrogens (tertiary/aromatic N) is 1. The van der Waals surface area contributed by atoms with Gasteiger partial charge in [-0.15, -0.1) is 0 Å². The lowest BCUT2D eigenvalue weighted by molar-refractivity contribution is -0.167. The predicted molar refractivity (Wildman–Crippen MR) is 106 cm³/mol. The molecule has 0 spiro atoms. The highest BCUT2D eigenvalue weighted by atomic mass is 19.4. The van der Waals surface area contributed by atoms with Crippen LogP contribution in [0.3, 0.4) is 0 Å². The first-order chi connectivity index (χ1) is 15.6. The van der Waals surface area contributed by atoms with Crippen LogP contribution < -0.4 is 10.6 Å². The van der Waals surface area contributed by atoms with Gasteiger partial charge in [0.1, 0.15) is 17.9 Å². The van der Waals surface area contributed by atoms with Crippen LogP contribution in [0, 0.1) is 11.7 Å². The van der Waals surface area contributed by atoms with Crippen LogP contribution in [-0.2, 0) is 16.1 Å². The molecule has 11 heteroatoms. The molecule has 2 atom stereocenters. The number of hydrogen-bond acceptors (Lipinski definition) is 4. The smallest absolute Gasteiger partial charge is 0.340 e. The fraction of sp³-hybridized carbons (Fsp3) is 0.545. The van der Waals surface area contributed by atoms with Gasteiger partial charge in [-0.25, -0.2) is 4.39 Å². The highest BCUT2D eigenvalue weighted by Gasteiger charge is 2.46. The number of halogens is 4. The Labute approximate surface area is 186 Å². The fourth-order valence-corrected chi connectivity index (χ4v) is 4.93. The number of nitrogens with one attached hydrogen (secondary N) is 2. The number of carbonyl (C=O) groups excluding carboxylic acids is 4. The second kappa shape index (κ2) is 8.75. The first-order valence-corrected chi connectivity index (χ1v) is 10.9. The van der Waals surface area contributed by atoms with Gasteiger partial charge in [0.25, 0.3) is 11.8 Å². The van der Waals surface area contributed by atoms with Crippen LogP contribution in [0.1, 0.15) is 71.2 Å². The number of alkyl halides is 3. The Morgan fingerprint density at radius 3 is 2.42 bits per heavy atom. The monoisotopic (exact) mass is 469 g/mol. The molecule has 1 saturated carbocycles. The number of amides is 4. The highest BCUT2D eigenvalue weighted by molar-refractivity contribution is 6.06. The maximum Gasteiger partial charge on any atom is 0.408 e. The SMILES string of the molecule is O=C1CCC(N2Cc3c(ccc(C(=O)NC(C4CCCCC4)C(F)(F)F)c3F)C2=O)C(=O)N1. The summed E-state index contributed by atoms with van der Waals surface area (Å²) in [6.45, 7) is -0.321. The quantitative estimate of drug-likeness (QED) is 0.524. The van der Waals surface area contributed by atoms with Gasteiger partial charge >= 0.3 is 6.18 Å². The molecule has 7 nitrogen and oxygen atoms in total. The minimum Gasteiger partial charge on any atom is -0.340 e. The van der Waals surface area contributed by atoms with E-state index in [4.69, 9.17) is 0 Å². The molecule has 1 aliphatic carbocycles. The van der Waals surface area contributed by atoms with E-state index in [0.29, 0.717) is 25.7 Å². The highest BCUT2D eigenvalue weighted by Crippen LogP contribution is 2.35. The normalized spacial score (nSPS) is 22.7. The number of carbonyl (C=O) groups is 4. The van der Waals surface area contributed by atoms with Crippen molar-refractivity contribution in [3.63, 3.8) is 0 Å². The van der Waals surface area contributed by atoms with Crippen molar-refractivity contribution in [1.82, 2.24) is 15.5 Å². The van der Waals surface area contributed by atoms with Crippen LogP contribution in [0.25, 0.3) is 0 Å². The maximum atomic E-state index is 15.2. The van der Waals surface area contributed by atoms with E-state index < -0.39 is 59.2 Å². The van der Waals surface area contributed by atoms with Crippen LogP contribution in [0.4, 0.5) is 17.6 Å². The molecule has 2 unspecified atom stereocenters. The van der Waals surface area contributed by atoms with Crippen LogP contribution >= 0.6 is 0 Å². The summed E-state index contributed by atoms with van der Waals surface area (Å²) < 4.78 is 56.2. The van der Waals surface area contributed by atoms with Crippen molar-refractivity contribution in [2.45, 2.75) is 69.8 Å². The Kier molecular flexibility index (Phi) is 6.15. The summed E-state index contributed by atoms with van der Waals surface area (Å²) >= 11 is 0. The maximum absolute atomic E-state index is 15.2. The van der Waals surface area contributed by atoms with Crippen molar-refractivity contribution in [3.05, 3.63) is 34.6 Å². The molecule has 2 fully saturated rings. The Hall–Kier alpha value is -2.98. The summed E-state index contributed by atoms with van der Waals surface area (Å²) in [5, 5.41) is 4.10. The fourth-order valence-electron chi connectivity index (χ4n) is 4.93. The third-order valence-electron chi connectivity index (χ3n) is 6.65. The van der Waals surface area contributed by atoms with Crippen molar-refractivity contribution in [2.75, 3.05) is 0 Å². The molecule has 0 bridgehead atoms. The van der Waals surface area contributed by atoms with Gasteiger partial charge in [-0.3, -0.25) is 24.5 Å². The molecule has 2 heterocycles. The molecule has 2 N–H and O–H groups in total. The largest absolute Gasteiger partial charge is 0.408 e. The van der Waals surface area contributed by atoms with E-state index in [-0.39, 0.29) is 30.5 Å². The summed E-state index contributed by atoms with van der Waals surface area (Å²) in [6.07, 6.45) is -1.81. The summed E-state index contributed by atoms with van der Waals surface area (Å²) in [6, 6.07) is -0.881. The van der Waals surface area contributed by atoms with Gasteiger partial charge in [0.05, 0.1) is 12.1 Å². The zero-order valence-corrected chi connectivity index (χ0v) is 17.6. The molecule has 33 heavy (non-hydrogen) atoms. The molecule has 3 aliphatic rings. The molecular weight excluding hydrogens is 446 g/mol. The van der Waals surface area contributed by atoms with Crippen molar-refractivity contribution in [3.8, 4) is 0 Å². The van der Waals surface area contributed by atoms with Crippen LogP contribution in [0.2, 0.25) is 0 Å². The van der Waals surface area contributed by atoms with Crippen molar-refractivity contribution < 1.29 is 36.7 Å². The average Bonchev–Trinajstić information content (AvgIpc) is 3.09. The van der Waals surface area contributed by atoms with Crippen LogP contribution in [0.5, 0.6) is 0 Å². The first-order valence-electron chi connectivity index (χ1n) is 10.9. The molecule has 1 aromatic carbocycles. The summed E-state index contributed by atoms with van der Waals surface area (Å²) in [5.74, 6) is -4.84. The third kappa shape index (κ3) is 4.45. The second-order valence-electron chi connectivity index (χ2n) is 8.74. The zero-order valence-electron chi connectivity index (χ0n) is 17.6. The van der Waals surface area contributed by atoms with Crippen LogP contribution in [-0.4, -0.2) is 46.8 Å². The Morgan fingerprint density at radius 2 is 1.79 bits per heavy atom. The van der Waals surface area contributed by atoms with E-state index in [2.05, 4.69) is 5.32 Å². The van der Waals surface area contributed by atoms with Crippen LogP contribution in [0.15, 0.2) is 12.1 Å². The molecular formula is C22H23F4N3O4. The van der Waals surface area contributed by atoms with E-state index in [1.54, 1.807) is 0 Å². The molecule has 1 saturated heterocycles. The van der Waals surface area contributed by atoms with Gasteiger partial charge in [-0.1, -0.05) is 19.3 Å². The van der Waals surface area contributed by atoms with Gasteiger partial charge in [-0.05, 0) is 37.3 Å². The number of piperidine rings is 1. The molecule has 178 valence electrons. The lowest BCUT2D eigenvalue weighted by Crippen LogP contribution is -2.52. The van der Waals surface area contributed by atoms with Crippen molar-refractivity contribution in [2.24, 2.45) is 5.92 Å². The molecule has 4 rings (SSSR count). The number of hydrogen-bond donors (Lipinski definition) is 2. The standard InChI is InChI=1S/C22H23F4N3O4/c23-17-13(19(31)28-18(22(24,25)26)11-4-2-1-3-5-11)7-6-12-14(17)10-29(21(12)33)15-8-9-16(30)27-20(15)32/h6-7,11,15,18H,1-5,8-10H2,(H,28,31)(H,27,30,32). The van der Waals surface area contributed by atoms with E-state index in [9.17, 15) is 32.3 Å². The van der Waals surface area contributed by atoms with Gasteiger partial charge in [0.2, 0.25) is 11.8 Å². The average molecular weight is 469 g/mol. The number of benzene rings is 1. The van der Waals surface area contributed by atoms with Gasteiger partial charge in [0, 0.05) is 17.5 Å². The van der Waals surface area contributed by atoms with E-state index in [0.717, 1.165) is 17.4 Å². The lowest BCUT2D eigenvalue weighted by atomic mass is 9.83. The molecule has 2 aliphatic heterocycles. The number of imide groups is 1. The topological polar surface area (TPSA) is 95.6 Å². The Bertz CT molecular complexity index is 1000. The summed E-state index contributed by atoms with van der Waals surface area (Å²) in [4.78, 5) is 50.0. The van der Waals surface area contributed by atoms with Crippen molar-refractivity contribution >= 4 is 23.6 Å². The zero-order chi connectivity index (χ0) is 23.9. The molecule has 4 amide bonds. The van der Waals surface area contributed by atoms with E-state index >= 15 is 4.39 Å². The molecule has 0 radical (unpaired) electrons.